The largest absolute Gasteiger partial charge is 0.339 e. The molecule has 0 spiro atoms. The van der Waals surface area contributed by atoms with Crippen LogP contribution in [0.4, 0.5) is 0 Å². The molecule has 0 aliphatic rings. The van der Waals surface area contributed by atoms with E-state index in [1.165, 1.54) is 0 Å². The van der Waals surface area contributed by atoms with E-state index < -0.39 is 0 Å². The number of pyridine rings is 2. The van der Waals surface area contributed by atoms with Gasteiger partial charge in [0.15, 0.2) is 0 Å². The number of hydrogen-bond donors (Lipinski definition) is 1. The van der Waals surface area contributed by atoms with Crippen molar-refractivity contribution >= 4 is 5.91 Å². The molecule has 1 atom stereocenters. The summed E-state index contributed by atoms with van der Waals surface area (Å²) in [6.45, 7) is 5.85. The molecule has 0 saturated heterocycles. The van der Waals surface area contributed by atoms with Gasteiger partial charge in [-0.25, -0.2) is 0 Å². The monoisotopic (exact) mass is 375 g/mol. The highest BCUT2D eigenvalue weighted by Crippen LogP contribution is 2.19. The van der Waals surface area contributed by atoms with Crippen molar-refractivity contribution in [1.82, 2.24) is 14.9 Å². The number of carbonyl (C=O) groups excluding carboxylic acids is 1. The maximum atomic E-state index is 12.8. The standard InChI is InChI=1S/C23H25N3O2/c1-15-13-21(22(27)25-17(15)3)18-8-10-19(11-9-18)23(28)26(4)16(2)14-20-7-5-6-12-24-20/h5-13,16H,14H2,1-4H3,(H,25,27). The minimum Gasteiger partial charge on any atom is -0.339 e. The molecule has 1 aromatic carbocycles. The molecule has 1 unspecified atom stereocenters. The Bertz CT molecular complexity index is 1020. The molecule has 3 aromatic rings. The number of aromatic nitrogens is 2. The van der Waals surface area contributed by atoms with Crippen molar-refractivity contribution in [3.8, 4) is 11.1 Å². The van der Waals surface area contributed by atoms with Crippen LogP contribution in [0.2, 0.25) is 0 Å². The summed E-state index contributed by atoms with van der Waals surface area (Å²) in [6.07, 6.45) is 2.45. The van der Waals surface area contributed by atoms with Gasteiger partial charge >= 0.3 is 0 Å². The fraction of sp³-hybridized carbons (Fsp3) is 0.261. The van der Waals surface area contributed by atoms with Gasteiger partial charge in [-0.15, -0.1) is 0 Å². The SMILES string of the molecule is Cc1cc(-c2ccc(C(=O)N(C)C(C)Cc3ccccn3)cc2)c(=O)[nH]c1C. The van der Waals surface area contributed by atoms with E-state index >= 15 is 0 Å². The molecule has 0 saturated carbocycles. The van der Waals surface area contributed by atoms with Crippen LogP contribution in [0.25, 0.3) is 11.1 Å². The van der Waals surface area contributed by atoms with Crippen LogP contribution in [0.3, 0.4) is 0 Å². The third kappa shape index (κ3) is 4.19. The number of nitrogens with one attached hydrogen (secondary N) is 1. The molecule has 2 aromatic heterocycles. The van der Waals surface area contributed by atoms with Crippen molar-refractivity contribution in [3.05, 3.63) is 87.6 Å². The quantitative estimate of drug-likeness (QED) is 0.738. The van der Waals surface area contributed by atoms with Gasteiger partial charge in [-0.05, 0) is 62.2 Å². The van der Waals surface area contributed by atoms with Gasteiger partial charge in [0.1, 0.15) is 0 Å². The van der Waals surface area contributed by atoms with Crippen LogP contribution in [-0.2, 0) is 6.42 Å². The Morgan fingerprint density at radius 1 is 1.14 bits per heavy atom. The molecule has 0 aliphatic carbocycles. The first-order valence-electron chi connectivity index (χ1n) is 9.35. The van der Waals surface area contributed by atoms with Gasteiger partial charge in [-0.1, -0.05) is 18.2 Å². The Balaban J connectivity index is 1.76. The van der Waals surface area contributed by atoms with Crippen molar-refractivity contribution in [2.75, 3.05) is 7.05 Å². The number of hydrogen-bond acceptors (Lipinski definition) is 3. The van der Waals surface area contributed by atoms with Crippen LogP contribution >= 0.6 is 0 Å². The van der Waals surface area contributed by atoms with E-state index in [0.717, 1.165) is 22.5 Å². The van der Waals surface area contributed by atoms with E-state index in [2.05, 4.69) is 9.97 Å². The lowest BCUT2D eigenvalue weighted by Gasteiger charge is -2.25. The number of likely N-dealkylation sites (N-methyl/N-ethyl adjacent to an activating group) is 1. The van der Waals surface area contributed by atoms with Gasteiger partial charge in [0, 0.05) is 48.2 Å². The summed E-state index contributed by atoms with van der Waals surface area (Å²) in [7, 11) is 1.80. The van der Waals surface area contributed by atoms with Crippen LogP contribution in [0.1, 0.15) is 34.2 Å². The van der Waals surface area contributed by atoms with E-state index in [9.17, 15) is 9.59 Å². The van der Waals surface area contributed by atoms with Crippen LogP contribution < -0.4 is 5.56 Å². The molecule has 0 fully saturated rings. The fourth-order valence-corrected chi connectivity index (χ4v) is 3.10. The highest BCUT2D eigenvalue weighted by Gasteiger charge is 2.18. The van der Waals surface area contributed by atoms with Crippen LogP contribution in [0, 0.1) is 13.8 Å². The lowest BCUT2D eigenvalue weighted by atomic mass is 10.0. The first kappa shape index (κ1) is 19.5. The molecule has 1 amide bonds. The maximum Gasteiger partial charge on any atom is 0.256 e. The number of aromatic amines is 1. The smallest absolute Gasteiger partial charge is 0.256 e. The Kier molecular flexibility index (Phi) is 5.73. The first-order chi connectivity index (χ1) is 13.4. The zero-order valence-corrected chi connectivity index (χ0v) is 16.7. The number of benzene rings is 1. The number of nitrogens with zero attached hydrogens (tertiary/aromatic N) is 2. The molecule has 2 heterocycles. The van der Waals surface area contributed by atoms with Gasteiger partial charge in [-0.3, -0.25) is 14.6 Å². The summed E-state index contributed by atoms with van der Waals surface area (Å²) in [5.41, 5.74) is 4.73. The number of aryl methyl sites for hydroxylation is 2. The van der Waals surface area contributed by atoms with Crippen molar-refractivity contribution < 1.29 is 4.79 Å². The van der Waals surface area contributed by atoms with E-state index in [1.54, 1.807) is 30.3 Å². The minimum absolute atomic E-state index is 0.0182. The molecule has 3 rings (SSSR count). The Morgan fingerprint density at radius 2 is 1.86 bits per heavy atom. The molecule has 0 bridgehead atoms. The lowest BCUT2D eigenvalue weighted by molar-refractivity contribution is 0.0743. The van der Waals surface area contributed by atoms with Crippen LogP contribution in [0.5, 0.6) is 0 Å². The topological polar surface area (TPSA) is 66.1 Å². The van der Waals surface area contributed by atoms with Crippen molar-refractivity contribution in [2.24, 2.45) is 0 Å². The van der Waals surface area contributed by atoms with Gasteiger partial charge in [0.25, 0.3) is 11.5 Å². The first-order valence-corrected chi connectivity index (χ1v) is 9.35. The molecule has 5 heteroatoms. The summed E-state index contributed by atoms with van der Waals surface area (Å²) in [5.74, 6) is -0.0519. The van der Waals surface area contributed by atoms with Gasteiger partial charge < -0.3 is 9.88 Å². The zero-order chi connectivity index (χ0) is 20.3. The second-order valence-electron chi connectivity index (χ2n) is 7.19. The fourth-order valence-electron chi connectivity index (χ4n) is 3.10. The summed E-state index contributed by atoms with van der Waals surface area (Å²) in [4.78, 5) is 34.0. The van der Waals surface area contributed by atoms with Crippen molar-refractivity contribution in [3.63, 3.8) is 0 Å². The minimum atomic E-state index is -0.122. The molecular formula is C23H25N3O2. The van der Waals surface area contributed by atoms with E-state index in [-0.39, 0.29) is 17.5 Å². The normalized spacial score (nSPS) is 11.9. The Hall–Kier alpha value is -3.21. The molecule has 144 valence electrons. The average molecular weight is 375 g/mol. The molecule has 28 heavy (non-hydrogen) atoms. The highest BCUT2D eigenvalue weighted by atomic mass is 16.2. The third-order valence-electron chi connectivity index (χ3n) is 5.15. The highest BCUT2D eigenvalue weighted by molar-refractivity contribution is 5.94. The Morgan fingerprint density at radius 3 is 2.50 bits per heavy atom. The van der Waals surface area contributed by atoms with Crippen molar-refractivity contribution in [2.45, 2.75) is 33.2 Å². The van der Waals surface area contributed by atoms with Crippen molar-refractivity contribution in [1.29, 1.82) is 0 Å². The van der Waals surface area contributed by atoms with Crippen LogP contribution in [0.15, 0.2) is 59.5 Å². The predicted molar refractivity (Wildman–Crippen MR) is 111 cm³/mol. The Labute approximate surface area is 165 Å². The third-order valence-corrected chi connectivity index (χ3v) is 5.15. The van der Waals surface area contributed by atoms with E-state index in [0.29, 0.717) is 17.5 Å². The zero-order valence-electron chi connectivity index (χ0n) is 16.7. The van der Waals surface area contributed by atoms with Gasteiger partial charge in [-0.2, -0.15) is 0 Å². The van der Waals surface area contributed by atoms with E-state index in [4.69, 9.17) is 0 Å². The van der Waals surface area contributed by atoms with Gasteiger partial charge in [0.2, 0.25) is 0 Å². The lowest BCUT2D eigenvalue weighted by Crippen LogP contribution is -2.36. The molecular weight excluding hydrogens is 350 g/mol. The average Bonchev–Trinajstić information content (AvgIpc) is 2.70. The number of H-pyrrole nitrogens is 1. The summed E-state index contributed by atoms with van der Waals surface area (Å²) in [6, 6.07) is 14.9. The number of amides is 1. The maximum absolute atomic E-state index is 12.8. The summed E-state index contributed by atoms with van der Waals surface area (Å²) in [5, 5.41) is 0. The number of carbonyl (C=O) groups is 1. The second-order valence-corrected chi connectivity index (χ2v) is 7.19. The molecule has 5 nitrogen and oxygen atoms in total. The van der Waals surface area contributed by atoms with E-state index in [1.807, 2.05) is 57.2 Å². The van der Waals surface area contributed by atoms with Crippen LogP contribution in [-0.4, -0.2) is 33.9 Å². The molecule has 0 radical (unpaired) electrons. The molecule has 0 aliphatic heterocycles. The summed E-state index contributed by atoms with van der Waals surface area (Å²) >= 11 is 0. The summed E-state index contributed by atoms with van der Waals surface area (Å²) < 4.78 is 0. The predicted octanol–water partition coefficient (Wildman–Crippen LogP) is 3.76. The number of rotatable bonds is 5. The second kappa shape index (κ2) is 8.21. The molecule has 1 N–H and O–H groups in total. The van der Waals surface area contributed by atoms with Gasteiger partial charge in [0.05, 0.1) is 0 Å².